The first-order valence-electron chi connectivity index (χ1n) is 6.00. The molecule has 1 aromatic rings. The van der Waals surface area contributed by atoms with E-state index in [0.29, 0.717) is 23.8 Å². The van der Waals surface area contributed by atoms with Crippen molar-refractivity contribution in [2.45, 2.75) is 33.7 Å². The minimum atomic E-state index is -0.0741. The molecule has 4 heteroatoms. The SMILES string of the molecule is CC(C)CNC(=O)c1cccnc1NC(C)C. The van der Waals surface area contributed by atoms with Crippen LogP contribution in [0, 0.1) is 5.92 Å². The molecule has 2 N–H and O–H groups in total. The molecule has 4 nitrogen and oxygen atoms in total. The Balaban J connectivity index is 2.78. The molecule has 0 aromatic carbocycles. The van der Waals surface area contributed by atoms with Crippen molar-refractivity contribution in [2.24, 2.45) is 5.92 Å². The van der Waals surface area contributed by atoms with Crippen molar-refractivity contribution in [1.82, 2.24) is 10.3 Å². The normalized spacial score (nSPS) is 10.7. The third-order valence-corrected chi connectivity index (χ3v) is 2.15. The molecule has 0 spiro atoms. The van der Waals surface area contributed by atoms with Crippen LogP contribution >= 0.6 is 0 Å². The van der Waals surface area contributed by atoms with Gasteiger partial charge in [-0.1, -0.05) is 13.8 Å². The number of nitrogens with zero attached hydrogens (tertiary/aromatic N) is 1. The monoisotopic (exact) mass is 235 g/mol. The molecule has 0 aliphatic carbocycles. The van der Waals surface area contributed by atoms with E-state index < -0.39 is 0 Å². The maximum Gasteiger partial charge on any atom is 0.255 e. The van der Waals surface area contributed by atoms with Crippen molar-refractivity contribution in [3.05, 3.63) is 23.9 Å². The lowest BCUT2D eigenvalue weighted by molar-refractivity contribution is 0.0949. The number of anilines is 1. The smallest absolute Gasteiger partial charge is 0.255 e. The standard InChI is InChI=1S/C13H21N3O/c1-9(2)8-15-13(17)11-6-5-7-14-12(11)16-10(3)4/h5-7,9-10H,8H2,1-4H3,(H,14,16)(H,15,17). The van der Waals surface area contributed by atoms with Gasteiger partial charge in [-0.05, 0) is 31.9 Å². The van der Waals surface area contributed by atoms with E-state index in [9.17, 15) is 4.79 Å². The second-order valence-electron chi connectivity index (χ2n) is 4.80. The lowest BCUT2D eigenvalue weighted by atomic mass is 10.2. The zero-order chi connectivity index (χ0) is 12.8. The highest BCUT2D eigenvalue weighted by atomic mass is 16.1. The van der Waals surface area contributed by atoms with E-state index in [1.165, 1.54) is 0 Å². The summed E-state index contributed by atoms with van der Waals surface area (Å²) in [5, 5.41) is 6.06. The molecule has 0 atom stereocenters. The Morgan fingerprint density at radius 1 is 1.35 bits per heavy atom. The summed E-state index contributed by atoms with van der Waals surface area (Å²) in [5.74, 6) is 1.01. The zero-order valence-electron chi connectivity index (χ0n) is 10.9. The van der Waals surface area contributed by atoms with Crippen LogP contribution in [0.4, 0.5) is 5.82 Å². The Labute approximate surface area is 103 Å². The first-order valence-corrected chi connectivity index (χ1v) is 6.00. The Hall–Kier alpha value is -1.58. The Morgan fingerprint density at radius 3 is 2.65 bits per heavy atom. The lowest BCUT2D eigenvalue weighted by Crippen LogP contribution is -2.28. The minimum absolute atomic E-state index is 0.0741. The Bertz CT molecular complexity index is 375. The van der Waals surface area contributed by atoms with Crippen molar-refractivity contribution in [3.63, 3.8) is 0 Å². The van der Waals surface area contributed by atoms with Gasteiger partial charge in [-0.15, -0.1) is 0 Å². The average Bonchev–Trinajstić information content (AvgIpc) is 2.25. The van der Waals surface area contributed by atoms with E-state index in [1.54, 1.807) is 18.3 Å². The van der Waals surface area contributed by atoms with E-state index in [-0.39, 0.29) is 11.9 Å². The summed E-state index contributed by atoms with van der Waals surface area (Å²) in [6, 6.07) is 3.81. The van der Waals surface area contributed by atoms with E-state index in [1.807, 2.05) is 13.8 Å². The van der Waals surface area contributed by atoms with Gasteiger partial charge in [-0.25, -0.2) is 4.98 Å². The van der Waals surface area contributed by atoms with Gasteiger partial charge in [-0.2, -0.15) is 0 Å². The summed E-state index contributed by atoms with van der Waals surface area (Å²) in [7, 11) is 0. The summed E-state index contributed by atoms with van der Waals surface area (Å²) in [6.45, 7) is 8.84. The second kappa shape index (κ2) is 6.23. The highest BCUT2D eigenvalue weighted by Gasteiger charge is 2.12. The van der Waals surface area contributed by atoms with Crippen LogP contribution in [-0.2, 0) is 0 Å². The number of rotatable bonds is 5. The molecule has 0 saturated heterocycles. The predicted molar refractivity (Wildman–Crippen MR) is 70.2 cm³/mol. The molecule has 17 heavy (non-hydrogen) atoms. The van der Waals surface area contributed by atoms with Crippen molar-refractivity contribution in [1.29, 1.82) is 0 Å². The number of aromatic nitrogens is 1. The van der Waals surface area contributed by atoms with Crippen LogP contribution in [0.2, 0.25) is 0 Å². The van der Waals surface area contributed by atoms with Crippen LogP contribution in [-0.4, -0.2) is 23.5 Å². The number of nitrogens with one attached hydrogen (secondary N) is 2. The molecule has 1 rings (SSSR count). The third-order valence-electron chi connectivity index (χ3n) is 2.15. The average molecular weight is 235 g/mol. The molecule has 94 valence electrons. The van der Waals surface area contributed by atoms with Gasteiger partial charge >= 0.3 is 0 Å². The molecular formula is C13H21N3O. The lowest BCUT2D eigenvalue weighted by Gasteiger charge is -2.14. The number of carbonyl (C=O) groups excluding carboxylic acids is 1. The van der Waals surface area contributed by atoms with Crippen molar-refractivity contribution in [3.8, 4) is 0 Å². The summed E-state index contributed by atoms with van der Waals surface area (Å²) in [4.78, 5) is 16.2. The first kappa shape index (κ1) is 13.5. The molecule has 0 radical (unpaired) electrons. The van der Waals surface area contributed by atoms with Crippen LogP contribution in [0.1, 0.15) is 38.1 Å². The van der Waals surface area contributed by atoms with Crippen molar-refractivity contribution in [2.75, 3.05) is 11.9 Å². The number of amides is 1. The van der Waals surface area contributed by atoms with Gasteiger partial charge in [-0.3, -0.25) is 4.79 Å². The van der Waals surface area contributed by atoms with Gasteiger partial charge < -0.3 is 10.6 Å². The fraction of sp³-hybridized carbons (Fsp3) is 0.538. The summed E-state index contributed by atoms with van der Waals surface area (Å²) in [6.07, 6.45) is 1.68. The quantitative estimate of drug-likeness (QED) is 0.823. The fourth-order valence-corrected chi connectivity index (χ4v) is 1.37. The molecule has 0 aliphatic rings. The summed E-state index contributed by atoms with van der Waals surface area (Å²) in [5.41, 5.74) is 0.599. The highest BCUT2D eigenvalue weighted by Crippen LogP contribution is 2.12. The molecule has 0 saturated carbocycles. The molecule has 1 amide bonds. The van der Waals surface area contributed by atoms with E-state index in [4.69, 9.17) is 0 Å². The third kappa shape index (κ3) is 4.43. The molecule has 1 aromatic heterocycles. The zero-order valence-corrected chi connectivity index (χ0v) is 10.9. The number of hydrogen-bond donors (Lipinski definition) is 2. The molecule has 0 bridgehead atoms. The van der Waals surface area contributed by atoms with Crippen LogP contribution in [0.5, 0.6) is 0 Å². The van der Waals surface area contributed by atoms with Crippen molar-refractivity contribution < 1.29 is 4.79 Å². The largest absolute Gasteiger partial charge is 0.367 e. The van der Waals surface area contributed by atoms with Crippen LogP contribution in [0.3, 0.4) is 0 Å². The predicted octanol–water partition coefficient (Wildman–Crippen LogP) is 2.29. The molecule has 0 aliphatic heterocycles. The maximum absolute atomic E-state index is 12.0. The van der Waals surface area contributed by atoms with Gasteiger partial charge in [0.25, 0.3) is 5.91 Å². The van der Waals surface area contributed by atoms with Gasteiger partial charge in [0.1, 0.15) is 5.82 Å². The van der Waals surface area contributed by atoms with E-state index in [2.05, 4.69) is 29.5 Å². The van der Waals surface area contributed by atoms with Gasteiger partial charge in [0, 0.05) is 18.8 Å². The second-order valence-corrected chi connectivity index (χ2v) is 4.80. The number of carbonyl (C=O) groups is 1. The Kier molecular flexibility index (Phi) is 4.94. The number of hydrogen-bond acceptors (Lipinski definition) is 3. The van der Waals surface area contributed by atoms with Crippen LogP contribution in [0.15, 0.2) is 18.3 Å². The van der Waals surface area contributed by atoms with Gasteiger partial charge in [0.15, 0.2) is 0 Å². The number of pyridine rings is 1. The maximum atomic E-state index is 12.0. The molecule has 0 fully saturated rings. The Morgan fingerprint density at radius 2 is 2.06 bits per heavy atom. The minimum Gasteiger partial charge on any atom is -0.367 e. The summed E-state index contributed by atoms with van der Waals surface area (Å²) >= 11 is 0. The fourth-order valence-electron chi connectivity index (χ4n) is 1.37. The van der Waals surface area contributed by atoms with E-state index >= 15 is 0 Å². The van der Waals surface area contributed by atoms with Gasteiger partial charge in [0.2, 0.25) is 0 Å². The molecular weight excluding hydrogens is 214 g/mol. The molecule has 1 heterocycles. The van der Waals surface area contributed by atoms with E-state index in [0.717, 1.165) is 0 Å². The van der Waals surface area contributed by atoms with Gasteiger partial charge in [0.05, 0.1) is 5.56 Å². The van der Waals surface area contributed by atoms with Crippen molar-refractivity contribution >= 4 is 11.7 Å². The first-order chi connectivity index (χ1) is 8.00. The van der Waals surface area contributed by atoms with Crippen LogP contribution in [0.25, 0.3) is 0 Å². The van der Waals surface area contributed by atoms with Crippen LogP contribution < -0.4 is 10.6 Å². The highest BCUT2D eigenvalue weighted by molar-refractivity contribution is 5.98. The molecule has 0 unspecified atom stereocenters. The topological polar surface area (TPSA) is 54.0 Å². The summed E-state index contributed by atoms with van der Waals surface area (Å²) < 4.78 is 0.